The molecule has 0 aliphatic carbocycles. The number of carbonyl (C=O) groups excluding carboxylic acids is 1. The van der Waals surface area contributed by atoms with E-state index in [1.165, 1.54) is 5.69 Å². The lowest BCUT2D eigenvalue weighted by atomic mass is 10.2. The van der Waals surface area contributed by atoms with Crippen molar-refractivity contribution < 1.29 is 4.79 Å². The molecular weight excluding hydrogens is 362 g/mol. The lowest BCUT2D eigenvalue weighted by molar-refractivity contribution is 0.0945. The third-order valence-electron chi connectivity index (χ3n) is 5.05. The highest BCUT2D eigenvalue weighted by Crippen LogP contribution is 2.18. The third kappa shape index (κ3) is 4.71. The summed E-state index contributed by atoms with van der Waals surface area (Å²) in [4.78, 5) is 26.3. The summed E-state index contributed by atoms with van der Waals surface area (Å²) in [6.45, 7) is 5.83. The molecule has 3 aromatic rings. The van der Waals surface area contributed by atoms with Crippen LogP contribution in [0.2, 0.25) is 0 Å². The van der Waals surface area contributed by atoms with E-state index in [2.05, 4.69) is 49.4 Å². The summed E-state index contributed by atoms with van der Waals surface area (Å²) in [7, 11) is 0. The van der Waals surface area contributed by atoms with Crippen molar-refractivity contribution in [3.8, 4) is 0 Å². The van der Waals surface area contributed by atoms with Crippen LogP contribution in [0.15, 0.2) is 66.7 Å². The van der Waals surface area contributed by atoms with Crippen LogP contribution in [0, 0.1) is 6.92 Å². The highest BCUT2D eigenvalue weighted by Gasteiger charge is 2.21. The number of aromatic nitrogens is 2. The molecule has 1 aromatic heterocycles. The zero-order valence-electron chi connectivity index (χ0n) is 16.6. The van der Waals surface area contributed by atoms with Gasteiger partial charge in [0.15, 0.2) is 0 Å². The van der Waals surface area contributed by atoms with Gasteiger partial charge in [0.2, 0.25) is 5.95 Å². The third-order valence-corrected chi connectivity index (χ3v) is 5.05. The molecule has 1 aliphatic rings. The minimum Gasteiger partial charge on any atom is -0.368 e. The number of anilines is 2. The second-order valence-electron chi connectivity index (χ2n) is 7.17. The van der Waals surface area contributed by atoms with Crippen LogP contribution in [-0.4, -0.2) is 42.1 Å². The molecule has 1 aliphatic heterocycles. The summed E-state index contributed by atoms with van der Waals surface area (Å²) in [6.07, 6.45) is 0. The predicted octanol–water partition coefficient (Wildman–Crippen LogP) is 3.04. The molecule has 1 fully saturated rings. The molecule has 6 heteroatoms. The first-order valence-corrected chi connectivity index (χ1v) is 9.92. The molecule has 6 nitrogen and oxygen atoms in total. The van der Waals surface area contributed by atoms with Gasteiger partial charge in [-0.2, -0.15) is 0 Å². The van der Waals surface area contributed by atoms with Gasteiger partial charge in [-0.15, -0.1) is 0 Å². The monoisotopic (exact) mass is 387 g/mol. The second-order valence-corrected chi connectivity index (χ2v) is 7.17. The number of piperazine rings is 1. The molecule has 0 atom stereocenters. The number of amides is 1. The Morgan fingerprint density at radius 2 is 1.52 bits per heavy atom. The predicted molar refractivity (Wildman–Crippen MR) is 115 cm³/mol. The number of para-hydroxylation sites is 1. The van der Waals surface area contributed by atoms with Gasteiger partial charge in [0.1, 0.15) is 5.69 Å². The maximum Gasteiger partial charge on any atom is 0.270 e. The lowest BCUT2D eigenvalue weighted by Crippen LogP contribution is -2.47. The summed E-state index contributed by atoms with van der Waals surface area (Å²) in [6, 6.07) is 22.0. The standard InChI is InChI=1S/C23H25N5O/c1-18-16-21(22(29)24-17-19-8-4-2-5-9-19)26-23(25-18)28-14-12-27(13-15-28)20-10-6-3-7-11-20/h2-11,16H,12-15,17H2,1H3,(H,24,29). The van der Waals surface area contributed by atoms with Crippen LogP contribution in [0.25, 0.3) is 0 Å². The largest absolute Gasteiger partial charge is 0.368 e. The first-order chi connectivity index (χ1) is 14.2. The van der Waals surface area contributed by atoms with Gasteiger partial charge in [-0.25, -0.2) is 9.97 Å². The van der Waals surface area contributed by atoms with Gasteiger partial charge >= 0.3 is 0 Å². The van der Waals surface area contributed by atoms with Crippen LogP contribution in [0.3, 0.4) is 0 Å². The number of nitrogens with one attached hydrogen (secondary N) is 1. The van der Waals surface area contributed by atoms with Gasteiger partial charge < -0.3 is 15.1 Å². The normalized spacial score (nSPS) is 14.0. The van der Waals surface area contributed by atoms with Crippen molar-refractivity contribution in [1.82, 2.24) is 15.3 Å². The number of benzene rings is 2. The molecule has 1 amide bonds. The van der Waals surface area contributed by atoms with Crippen molar-refractivity contribution in [2.45, 2.75) is 13.5 Å². The fourth-order valence-electron chi connectivity index (χ4n) is 3.48. The van der Waals surface area contributed by atoms with E-state index >= 15 is 0 Å². The molecule has 0 unspecified atom stereocenters. The van der Waals surface area contributed by atoms with Crippen molar-refractivity contribution in [1.29, 1.82) is 0 Å². The maximum absolute atomic E-state index is 12.6. The Morgan fingerprint density at radius 3 is 2.21 bits per heavy atom. The first kappa shape index (κ1) is 18.9. The van der Waals surface area contributed by atoms with Crippen LogP contribution >= 0.6 is 0 Å². The average molecular weight is 387 g/mol. The highest BCUT2D eigenvalue weighted by atomic mass is 16.1. The quantitative estimate of drug-likeness (QED) is 0.729. The van der Waals surface area contributed by atoms with E-state index in [-0.39, 0.29) is 5.91 Å². The molecular formula is C23H25N5O. The molecule has 1 saturated heterocycles. The number of hydrogen-bond acceptors (Lipinski definition) is 5. The van der Waals surface area contributed by atoms with Crippen LogP contribution in [0.1, 0.15) is 21.7 Å². The van der Waals surface area contributed by atoms with E-state index in [0.717, 1.165) is 37.4 Å². The van der Waals surface area contributed by atoms with Crippen molar-refractivity contribution >= 4 is 17.5 Å². The molecule has 0 radical (unpaired) electrons. The van der Waals surface area contributed by atoms with Gasteiger partial charge in [0.25, 0.3) is 5.91 Å². The van der Waals surface area contributed by atoms with E-state index in [4.69, 9.17) is 0 Å². The highest BCUT2D eigenvalue weighted by molar-refractivity contribution is 5.92. The van der Waals surface area contributed by atoms with Crippen LogP contribution in [0.4, 0.5) is 11.6 Å². The summed E-state index contributed by atoms with van der Waals surface area (Å²) in [5.41, 5.74) is 3.50. The average Bonchev–Trinajstić information content (AvgIpc) is 2.78. The Labute approximate surface area is 171 Å². The number of nitrogens with zero attached hydrogens (tertiary/aromatic N) is 4. The van der Waals surface area contributed by atoms with Crippen molar-refractivity contribution in [2.24, 2.45) is 0 Å². The van der Waals surface area contributed by atoms with Gasteiger partial charge in [-0.05, 0) is 30.7 Å². The summed E-state index contributed by atoms with van der Waals surface area (Å²) < 4.78 is 0. The van der Waals surface area contributed by atoms with Gasteiger partial charge in [-0.3, -0.25) is 4.79 Å². The summed E-state index contributed by atoms with van der Waals surface area (Å²) >= 11 is 0. The van der Waals surface area contributed by atoms with E-state index in [0.29, 0.717) is 18.2 Å². The fraction of sp³-hybridized carbons (Fsp3) is 0.261. The van der Waals surface area contributed by atoms with E-state index in [1.54, 1.807) is 6.07 Å². The Kier molecular flexibility index (Phi) is 5.70. The summed E-state index contributed by atoms with van der Waals surface area (Å²) in [5, 5.41) is 2.95. The molecule has 4 rings (SSSR count). The number of hydrogen-bond donors (Lipinski definition) is 1. The topological polar surface area (TPSA) is 61.4 Å². The zero-order valence-corrected chi connectivity index (χ0v) is 16.6. The van der Waals surface area contributed by atoms with Crippen LogP contribution < -0.4 is 15.1 Å². The Bertz CT molecular complexity index is 954. The number of carbonyl (C=O) groups is 1. The Balaban J connectivity index is 1.41. The van der Waals surface area contributed by atoms with E-state index in [9.17, 15) is 4.79 Å². The van der Waals surface area contributed by atoms with Crippen LogP contribution in [-0.2, 0) is 6.54 Å². The summed E-state index contributed by atoms with van der Waals surface area (Å²) in [5.74, 6) is 0.450. The van der Waals surface area contributed by atoms with E-state index < -0.39 is 0 Å². The van der Waals surface area contributed by atoms with Crippen LogP contribution in [0.5, 0.6) is 0 Å². The Hall–Kier alpha value is -3.41. The zero-order chi connectivity index (χ0) is 20.1. The maximum atomic E-state index is 12.6. The second kappa shape index (κ2) is 8.73. The van der Waals surface area contributed by atoms with Gasteiger partial charge in [0.05, 0.1) is 0 Å². The molecule has 0 spiro atoms. The SMILES string of the molecule is Cc1cc(C(=O)NCc2ccccc2)nc(N2CCN(c3ccccc3)CC2)n1. The van der Waals surface area contributed by atoms with E-state index in [1.807, 2.05) is 43.3 Å². The minimum absolute atomic E-state index is 0.177. The molecule has 29 heavy (non-hydrogen) atoms. The minimum atomic E-state index is -0.177. The lowest BCUT2D eigenvalue weighted by Gasteiger charge is -2.36. The Morgan fingerprint density at radius 1 is 0.897 bits per heavy atom. The number of aryl methyl sites for hydroxylation is 1. The van der Waals surface area contributed by atoms with Crippen molar-refractivity contribution in [2.75, 3.05) is 36.0 Å². The molecule has 1 N–H and O–H groups in total. The first-order valence-electron chi connectivity index (χ1n) is 9.92. The van der Waals surface area contributed by atoms with Gasteiger partial charge in [-0.1, -0.05) is 48.5 Å². The fourth-order valence-corrected chi connectivity index (χ4v) is 3.48. The van der Waals surface area contributed by atoms with Crippen molar-refractivity contribution in [3.63, 3.8) is 0 Å². The molecule has 2 aromatic carbocycles. The molecule has 0 bridgehead atoms. The smallest absolute Gasteiger partial charge is 0.270 e. The molecule has 2 heterocycles. The molecule has 148 valence electrons. The van der Waals surface area contributed by atoms with Gasteiger partial charge in [0, 0.05) is 44.1 Å². The number of rotatable bonds is 5. The van der Waals surface area contributed by atoms with Crippen molar-refractivity contribution in [3.05, 3.63) is 83.7 Å². The molecule has 0 saturated carbocycles.